The van der Waals surface area contributed by atoms with E-state index in [1.165, 1.54) is 12.1 Å². The van der Waals surface area contributed by atoms with Gasteiger partial charge in [0.05, 0.1) is 5.02 Å². The lowest BCUT2D eigenvalue weighted by Crippen LogP contribution is -2.46. The van der Waals surface area contributed by atoms with Gasteiger partial charge in [-0.1, -0.05) is 11.6 Å². The summed E-state index contributed by atoms with van der Waals surface area (Å²) in [5.41, 5.74) is -0.332. The maximum Gasteiger partial charge on any atom is 0.261 e. The number of carbonyl (C=O) groups excluding carboxylic acids is 1. The Balaban J connectivity index is 2.69. The first-order chi connectivity index (χ1) is 8.19. The molecule has 1 atom stereocenters. The minimum atomic E-state index is -0.702. The van der Waals surface area contributed by atoms with Crippen LogP contribution in [0.4, 0.5) is 4.39 Å². The van der Waals surface area contributed by atoms with Gasteiger partial charge in [0.1, 0.15) is 11.6 Å². The molecule has 1 aromatic carbocycles. The number of hydrogen-bond donors (Lipinski definition) is 1. The molecule has 0 aliphatic carbocycles. The fourth-order valence-electron chi connectivity index (χ4n) is 1.29. The van der Waals surface area contributed by atoms with Gasteiger partial charge in [-0.15, -0.1) is 0 Å². The lowest BCUT2D eigenvalue weighted by atomic mass is 10.1. The van der Waals surface area contributed by atoms with Crippen molar-refractivity contribution in [1.29, 1.82) is 0 Å². The van der Waals surface area contributed by atoms with Gasteiger partial charge in [0.15, 0.2) is 6.10 Å². The van der Waals surface area contributed by atoms with E-state index in [9.17, 15) is 9.18 Å². The first-order valence-corrected chi connectivity index (χ1v) is 6.00. The van der Waals surface area contributed by atoms with Crippen LogP contribution in [0.15, 0.2) is 18.2 Å². The Morgan fingerprint density at radius 2 is 2.06 bits per heavy atom. The van der Waals surface area contributed by atoms with E-state index in [0.717, 1.165) is 6.07 Å². The zero-order valence-electron chi connectivity index (χ0n) is 10.9. The maximum absolute atomic E-state index is 12.8. The van der Waals surface area contributed by atoms with Crippen molar-refractivity contribution < 1.29 is 13.9 Å². The first-order valence-electron chi connectivity index (χ1n) is 5.63. The quantitative estimate of drug-likeness (QED) is 0.919. The number of benzene rings is 1. The standard InChI is InChI=1S/C13H17ClFNO2/c1-8(12(17)16-13(2,3)4)18-11-6-5-9(15)7-10(11)14/h5-8H,1-4H3,(H,16,17). The summed E-state index contributed by atoms with van der Waals surface area (Å²) >= 11 is 5.81. The van der Waals surface area contributed by atoms with Crippen molar-refractivity contribution in [2.24, 2.45) is 0 Å². The second-order valence-electron chi connectivity index (χ2n) is 5.07. The molecule has 0 bridgehead atoms. The largest absolute Gasteiger partial charge is 0.479 e. The summed E-state index contributed by atoms with van der Waals surface area (Å²) in [6.45, 7) is 7.24. The van der Waals surface area contributed by atoms with Crippen molar-refractivity contribution in [1.82, 2.24) is 5.32 Å². The van der Waals surface area contributed by atoms with Crippen LogP contribution in [0.2, 0.25) is 5.02 Å². The molecule has 18 heavy (non-hydrogen) atoms. The number of halogens is 2. The first kappa shape index (κ1) is 14.8. The zero-order chi connectivity index (χ0) is 13.9. The normalized spacial score (nSPS) is 13.0. The predicted octanol–water partition coefficient (Wildman–Crippen LogP) is 3.16. The smallest absolute Gasteiger partial charge is 0.261 e. The van der Waals surface area contributed by atoms with E-state index in [-0.39, 0.29) is 22.2 Å². The Labute approximate surface area is 111 Å². The van der Waals surface area contributed by atoms with E-state index in [4.69, 9.17) is 16.3 Å². The molecule has 1 rings (SSSR count). The van der Waals surface area contributed by atoms with Crippen LogP contribution in [0.1, 0.15) is 27.7 Å². The molecular formula is C13H17ClFNO2. The van der Waals surface area contributed by atoms with Crippen LogP contribution >= 0.6 is 11.6 Å². The lowest BCUT2D eigenvalue weighted by Gasteiger charge is -2.23. The van der Waals surface area contributed by atoms with Crippen molar-refractivity contribution >= 4 is 17.5 Å². The number of rotatable bonds is 3. The monoisotopic (exact) mass is 273 g/mol. The Bertz CT molecular complexity index is 443. The van der Waals surface area contributed by atoms with E-state index >= 15 is 0 Å². The Morgan fingerprint density at radius 3 is 2.56 bits per heavy atom. The fourth-order valence-corrected chi connectivity index (χ4v) is 1.50. The van der Waals surface area contributed by atoms with Crippen molar-refractivity contribution in [2.75, 3.05) is 0 Å². The zero-order valence-corrected chi connectivity index (χ0v) is 11.6. The molecule has 3 nitrogen and oxygen atoms in total. The summed E-state index contributed by atoms with van der Waals surface area (Å²) < 4.78 is 18.2. The van der Waals surface area contributed by atoms with E-state index in [2.05, 4.69) is 5.32 Å². The number of nitrogens with one attached hydrogen (secondary N) is 1. The van der Waals surface area contributed by atoms with Crippen molar-refractivity contribution in [3.05, 3.63) is 29.0 Å². The summed E-state index contributed by atoms with van der Waals surface area (Å²) in [7, 11) is 0. The minimum Gasteiger partial charge on any atom is -0.479 e. The highest BCUT2D eigenvalue weighted by molar-refractivity contribution is 6.32. The third kappa shape index (κ3) is 4.53. The Kier molecular flexibility index (Phi) is 4.57. The minimum absolute atomic E-state index is 0.144. The van der Waals surface area contributed by atoms with Gasteiger partial charge < -0.3 is 10.1 Å². The van der Waals surface area contributed by atoms with Crippen LogP contribution in [0.3, 0.4) is 0 Å². The SMILES string of the molecule is CC(Oc1ccc(F)cc1Cl)C(=O)NC(C)(C)C. The summed E-state index contributed by atoms with van der Waals surface area (Å²) in [5, 5.41) is 2.93. The predicted molar refractivity (Wildman–Crippen MR) is 69.4 cm³/mol. The van der Waals surface area contributed by atoms with E-state index < -0.39 is 11.9 Å². The molecule has 1 aromatic rings. The summed E-state index contributed by atoms with van der Waals surface area (Å²) in [6.07, 6.45) is -0.702. The molecule has 5 heteroatoms. The summed E-state index contributed by atoms with van der Waals surface area (Å²) in [6, 6.07) is 3.78. The van der Waals surface area contributed by atoms with Crippen LogP contribution in [0, 0.1) is 5.82 Å². The third-order valence-corrected chi connectivity index (χ3v) is 2.36. The number of ether oxygens (including phenoxy) is 1. The molecular weight excluding hydrogens is 257 g/mol. The van der Waals surface area contributed by atoms with Crippen molar-refractivity contribution in [3.8, 4) is 5.75 Å². The van der Waals surface area contributed by atoms with Crippen LogP contribution in [0.5, 0.6) is 5.75 Å². The van der Waals surface area contributed by atoms with Crippen LogP contribution in [-0.2, 0) is 4.79 Å². The van der Waals surface area contributed by atoms with Crippen molar-refractivity contribution in [3.63, 3.8) is 0 Å². The van der Waals surface area contributed by atoms with Gasteiger partial charge in [-0.2, -0.15) is 0 Å². The second kappa shape index (κ2) is 5.57. The van der Waals surface area contributed by atoms with E-state index in [0.29, 0.717) is 0 Å². The van der Waals surface area contributed by atoms with Crippen molar-refractivity contribution in [2.45, 2.75) is 39.3 Å². The fraction of sp³-hybridized carbons (Fsp3) is 0.462. The average Bonchev–Trinajstić information content (AvgIpc) is 2.19. The van der Waals surface area contributed by atoms with E-state index in [1.54, 1.807) is 6.92 Å². The molecule has 0 saturated heterocycles. The van der Waals surface area contributed by atoms with Gasteiger partial charge in [-0.05, 0) is 45.9 Å². The van der Waals surface area contributed by atoms with Gasteiger partial charge in [0.25, 0.3) is 5.91 Å². The topological polar surface area (TPSA) is 38.3 Å². The highest BCUT2D eigenvalue weighted by Crippen LogP contribution is 2.25. The third-order valence-electron chi connectivity index (χ3n) is 2.07. The molecule has 0 heterocycles. The molecule has 1 unspecified atom stereocenters. The molecule has 0 radical (unpaired) electrons. The highest BCUT2D eigenvalue weighted by Gasteiger charge is 2.21. The molecule has 0 spiro atoms. The number of amides is 1. The Morgan fingerprint density at radius 1 is 1.44 bits per heavy atom. The van der Waals surface area contributed by atoms with Crippen LogP contribution < -0.4 is 10.1 Å². The molecule has 0 saturated carbocycles. The van der Waals surface area contributed by atoms with Gasteiger partial charge in [-0.3, -0.25) is 4.79 Å². The van der Waals surface area contributed by atoms with Crippen LogP contribution in [0.25, 0.3) is 0 Å². The number of carbonyl (C=O) groups is 1. The highest BCUT2D eigenvalue weighted by atomic mass is 35.5. The van der Waals surface area contributed by atoms with Gasteiger partial charge in [0.2, 0.25) is 0 Å². The second-order valence-corrected chi connectivity index (χ2v) is 5.48. The molecule has 0 aliphatic rings. The lowest BCUT2D eigenvalue weighted by molar-refractivity contribution is -0.128. The molecule has 0 fully saturated rings. The summed E-state index contributed by atoms with van der Waals surface area (Å²) in [5.74, 6) is -0.406. The van der Waals surface area contributed by atoms with Gasteiger partial charge in [0, 0.05) is 5.54 Å². The Hall–Kier alpha value is -1.29. The van der Waals surface area contributed by atoms with Gasteiger partial charge >= 0.3 is 0 Å². The molecule has 100 valence electrons. The molecule has 1 N–H and O–H groups in total. The molecule has 0 aliphatic heterocycles. The average molecular weight is 274 g/mol. The molecule has 0 aromatic heterocycles. The maximum atomic E-state index is 12.8. The van der Waals surface area contributed by atoms with Crippen LogP contribution in [-0.4, -0.2) is 17.6 Å². The van der Waals surface area contributed by atoms with E-state index in [1.807, 2.05) is 20.8 Å². The molecule has 1 amide bonds. The van der Waals surface area contributed by atoms with Gasteiger partial charge in [-0.25, -0.2) is 4.39 Å². The number of hydrogen-bond acceptors (Lipinski definition) is 2. The summed E-state index contributed by atoms with van der Waals surface area (Å²) in [4.78, 5) is 11.8.